The van der Waals surface area contributed by atoms with Crippen LogP contribution in [0.15, 0.2) is 40.9 Å². The minimum absolute atomic E-state index is 0.360. The van der Waals surface area contributed by atoms with Crippen molar-refractivity contribution in [3.05, 3.63) is 57.8 Å². The Morgan fingerprint density at radius 2 is 2.10 bits per heavy atom. The average molecular weight is 354 g/mol. The fraction of sp³-hybridized carbons (Fsp3) is 0.133. The number of aromatic carboxylic acids is 1. The number of nitrogens with one attached hydrogen (secondary N) is 1. The van der Waals surface area contributed by atoms with E-state index < -0.39 is 11.8 Å². The van der Waals surface area contributed by atoms with Crippen molar-refractivity contribution < 1.29 is 19.0 Å². The second kappa shape index (κ2) is 6.58. The molecule has 0 spiro atoms. The third-order valence-electron chi connectivity index (χ3n) is 2.92. The maximum atomic E-state index is 13.3. The predicted molar refractivity (Wildman–Crippen MR) is 81.4 cm³/mol. The van der Waals surface area contributed by atoms with Crippen LogP contribution in [0, 0.1) is 5.82 Å². The topological polar surface area (TPSA) is 58.6 Å². The van der Waals surface area contributed by atoms with E-state index in [-0.39, 0.29) is 5.56 Å². The summed E-state index contributed by atoms with van der Waals surface area (Å²) in [5, 5.41) is 12.0. The average Bonchev–Trinajstić information content (AvgIpc) is 2.46. The number of halogens is 2. The summed E-state index contributed by atoms with van der Waals surface area (Å²) in [5.41, 5.74) is 1.06. The van der Waals surface area contributed by atoms with E-state index in [2.05, 4.69) is 21.2 Å². The van der Waals surface area contributed by atoms with Gasteiger partial charge in [-0.1, -0.05) is 15.9 Å². The lowest BCUT2D eigenvalue weighted by Gasteiger charge is -2.11. The first-order valence-electron chi connectivity index (χ1n) is 6.10. The van der Waals surface area contributed by atoms with Crippen LogP contribution in [0.25, 0.3) is 0 Å². The van der Waals surface area contributed by atoms with Crippen molar-refractivity contribution in [2.24, 2.45) is 0 Å². The lowest BCUT2D eigenvalue weighted by Crippen LogP contribution is -2.05. The number of hydrogen-bond donors (Lipinski definition) is 2. The summed E-state index contributed by atoms with van der Waals surface area (Å²) in [7, 11) is 1.58. The molecule has 0 aromatic heterocycles. The van der Waals surface area contributed by atoms with Gasteiger partial charge in [0.05, 0.1) is 12.7 Å². The highest BCUT2D eigenvalue weighted by atomic mass is 79.9. The van der Waals surface area contributed by atoms with Crippen LogP contribution in [0.1, 0.15) is 15.9 Å². The van der Waals surface area contributed by atoms with Gasteiger partial charge < -0.3 is 15.2 Å². The summed E-state index contributed by atoms with van der Waals surface area (Å²) in [6.45, 7) is 0.424. The lowest BCUT2D eigenvalue weighted by atomic mass is 10.1. The van der Waals surface area contributed by atoms with Gasteiger partial charge in [-0.05, 0) is 36.4 Å². The number of carboxylic acid groups (broad SMARTS) is 1. The zero-order valence-electron chi connectivity index (χ0n) is 11.2. The van der Waals surface area contributed by atoms with E-state index in [1.54, 1.807) is 7.11 Å². The van der Waals surface area contributed by atoms with Crippen molar-refractivity contribution in [2.45, 2.75) is 6.54 Å². The molecule has 0 radical (unpaired) electrons. The van der Waals surface area contributed by atoms with E-state index in [4.69, 9.17) is 9.84 Å². The largest absolute Gasteiger partial charge is 0.496 e. The highest BCUT2D eigenvalue weighted by Crippen LogP contribution is 2.24. The number of rotatable bonds is 5. The SMILES string of the molecule is COc1ccc(Br)cc1CNc1ccc(F)c(C(=O)O)c1. The van der Waals surface area contributed by atoms with Crippen LogP contribution in [0.2, 0.25) is 0 Å². The van der Waals surface area contributed by atoms with Crippen LogP contribution >= 0.6 is 15.9 Å². The predicted octanol–water partition coefficient (Wildman–Crippen LogP) is 3.91. The summed E-state index contributed by atoms with van der Waals surface area (Å²) in [6.07, 6.45) is 0. The van der Waals surface area contributed by atoms with Gasteiger partial charge in [-0.25, -0.2) is 9.18 Å². The van der Waals surface area contributed by atoms with Gasteiger partial charge in [-0.15, -0.1) is 0 Å². The molecule has 110 valence electrons. The molecule has 2 aromatic carbocycles. The maximum Gasteiger partial charge on any atom is 0.338 e. The molecule has 0 amide bonds. The Bertz CT molecular complexity index is 676. The number of carbonyl (C=O) groups is 1. The van der Waals surface area contributed by atoms with Crippen LogP contribution in [0.4, 0.5) is 10.1 Å². The highest BCUT2D eigenvalue weighted by Gasteiger charge is 2.11. The van der Waals surface area contributed by atoms with Crippen molar-refractivity contribution in [3.63, 3.8) is 0 Å². The smallest absolute Gasteiger partial charge is 0.338 e. The molecule has 0 atom stereocenters. The van der Waals surface area contributed by atoms with E-state index in [0.717, 1.165) is 16.1 Å². The zero-order valence-corrected chi connectivity index (χ0v) is 12.8. The van der Waals surface area contributed by atoms with Crippen LogP contribution in [-0.4, -0.2) is 18.2 Å². The molecule has 4 nitrogen and oxygen atoms in total. The number of anilines is 1. The fourth-order valence-electron chi connectivity index (χ4n) is 1.88. The number of hydrogen-bond acceptors (Lipinski definition) is 3. The Balaban J connectivity index is 2.19. The molecule has 0 fully saturated rings. The number of methoxy groups -OCH3 is 1. The van der Waals surface area contributed by atoms with Crippen LogP contribution in [0.3, 0.4) is 0 Å². The summed E-state index contributed by atoms with van der Waals surface area (Å²) in [6, 6.07) is 9.48. The maximum absolute atomic E-state index is 13.3. The Morgan fingerprint density at radius 1 is 1.33 bits per heavy atom. The Morgan fingerprint density at radius 3 is 2.76 bits per heavy atom. The molecule has 0 saturated carbocycles. The molecule has 0 unspecified atom stereocenters. The number of carboxylic acids is 1. The van der Waals surface area contributed by atoms with Crippen molar-refractivity contribution in [2.75, 3.05) is 12.4 Å². The Labute approximate surface area is 129 Å². The van der Waals surface area contributed by atoms with Gasteiger partial charge in [-0.2, -0.15) is 0 Å². The standard InChI is InChI=1S/C15H13BrFNO3/c1-21-14-5-2-10(16)6-9(14)8-18-11-3-4-13(17)12(7-11)15(19)20/h2-7,18H,8H2,1H3,(H,19,20). The van der Waals surface area contributed by atoms with E-state index in [1.165, 1.54) is 12.1 Å². The molecule has 0 heterocycles. The number of ether oxygens (including phenoxy) is 1. The highest BCUT2D eigenvalue weighted by molar-refractivity contribution is 9.10. The van der Waals surface area contributed by atoms with Crippen molar-refractivity contribution in [3.8, 4) is 5.75 Å². The van der Waals surface area contributed by atoms with Crippen molar-refractivity contribution in [1.82, 2.24) is 0 Å². The first-order chi connectivity index (χ1) is 10.0. The molecule has 21 heavy (non-hydrogen) atoms. The minimum Gasteiger partial charge on any atom is -0.496 e. The molecule has 0 aliphatic rings. The van der Waals surface area contributed by atoms with Gasteiger partial charge in [0, 0.05) is 22.3 Å². The van der Waals surface area contributed by atoms with Gasteiger partial charge in [-0.3, -0.25) is 0 Å². The third kappa shape index (κ3) is 3.72. The monoisotopic (exact) mass is 353 g/mol. The second-order valence-electron chi connectivity index (χ2n) is 4.31. The Hall–Kier alpha value is -2.08. The summed E-state index contributed by atoms with van der Waals surface area (Å²) in [4.78, 5) is 10.9. The summed E-state index contributed by atoms with van der Waals surface area (Å²) >= 11 is 3.38. The fourth-order valence-corrected chi connectivity index (χ4v) is 2.29. The second-order valence-corrected chi connectivity index (χ2v) is 5.23. The first kappa shape index (κ1) is 15.3. The molecular weight excluding hydrogens is 341 g/mol. The molecule has 0 aliphatic carbocycles. The summed E-state index contributed by atoms with van der Waals surface area (Å²) < 4.78 is 19.5. The molecule has 2 aromatic rings. The Kier molecular flexibility index (Phi) is 4.80. The molecule has 6 heteroatoms. The van der Waals surface area contributed by atoms with E-state index >= 15 is 0 Å². The number of benzene rings is 2. The van der Waals surface area contributed by atoms with Gasteiger partial charge in [0.2, 0.25) is 0 Å². The van der Waals surface area contributed by atoms with Gasteiger partial charge >= 0.3 is 5.97 Å². The van der Waals surface area contributed by atoms with Gasteiger partial charge in [0.1, 0.15) is 11.6 Å². The van der Waals surface area contributed by atoms with Gasteiger partial charge in [0.15, 0.2) is 0 Å². The molecule has 0 bridgehead atoms. The van der Waals surface area contributed by atoms with E-state index in [9.17, 15) is 9.18 Å². The van der Waals surface area contributed by atoms with E-state index in [0.29, 0.717) is 18.0 Å². The molecular formula is C15H13BrFNO3. The minimum atomic E-state index is -1.30. The van der Waals surface area contributed by atoms with Crippen LogP contribution < -0.4 is 10.1 Å². The molecule has 0 aliphatic heterocycles. The zero-order chi connectivity index (χ0) is 15.4. The quantitative estimate of drug-likeness (QED) is 0.855. The lowest BCUT2D eigenvalue weighted by molar-refractivity contribution is 0.0692. The molecule has 0 saturated heterocycles. The van der Waals surface area contributed by atoms with Crippen LogP contribution in [0.5, 0.6) is 5.75 Å². The first-order valence-corrected chi connectivity index (χ1v) is 6.89. The summed E-state index contributed by atoms with van der Waals surface area (Å²) in [5.74, 6) is -1.34. The molecule has 2 rings (SSSR count). The normalized spacial score (nSPS) is 10.2. The molecule has 2 N–H and O–H groups in total. The third-order valence-corrected chi connectivity index (χ3v) is 3.42. The van der Waals surface area contributed by atoms with Crippen LogP contribution in [-0.2, 0) is 6.54 Å². The van der Waals surface area contributed by atoms with Crippen molar-refractivity contribution >= 4 is 27.6 Å². The van der Waals surface area contributed by atoms with Gasteiger partial charge in [0.25, 0.3) is 0 Å². The van der Waals surface area contributed by atoms with E-state index in [1.807, 2.05) is 18.2 Å². The van der Waals surface area contributed by atoms with Crippen molar-refractivity contribution in [1.29, 1.82) is 0 Å².